The molecule has 2 N–H and O–H groups in total. The lowest BCUT2D eigenvalue weighted by Gasteiger charge is -2.31. The summed E-state index contributed by atoms with van der Waals surface area (Å²) >= 11 is 1.26. The van der Waals surface area contributed by atoms with Crippen LogP contribution >= 0.6 is 11.3 Å². The molecule has 2 saturated heterocycles. The summed E-state index contributed by atoms with van der Waals surface area (Å²) in [5, 5.41) is 6.20. The first-order valence-corrected chi connectivity index (χ1v) is 11.1. The number of aromatic nitrogens is 3. The second-order valence-electron chi connectivity index (χ2n) is 7.67. The van der Waals surface area contributed by atoms with Crippen LogP contribution in [-0.2, 0) is 20.9 Å². The zero-order valence-electron chi connectivity index (χ0n) is 16.9. The van der Waals surface area contributed by atoms with E-state index in [-0.39, 0.29) is 35.9 Å². The first-order valence-electron chi connectivity index (χ1n) is 10.3. The van der Waals surface area contributed by atoms with E-state index in [0.717, 1.165) is 38.8 Å². The number of piperidine rings is 1. The van der Waals surface area contributed by atoms with Gasteiger partial charge in [0.1, 0.15) is 17.6 Å². The van der Waals surface area contributed by atoms with Crippen molar-refractivity contribution in [3.63, 3.8) is 0 Å². The van der Waals surface area contributed by atoms with Crippen molar-refractivity contribution < 1.29 is 14.3 Å². The van der Waals surface area contributed by atoms with Crippen molar-refractivity contribution in [2.24, 2.45) is 5.92 Å². The summed E-state index contributed by atoms with van der Waals surface area (Å²) in [5.74, 6) is -0.314. The fourth-order valence-corrected chi connectivity index (χ4v) is 4.90. The van der Waals surface area contributed by atoms with Gasteiger partial charge in [0.05, 0.1) is 12.0 Å². The number of carbonyl (C=O) groups is 2. The third-order valence-corrected chi connectivity index (χ3v) is 6.64. The van der Waals surface area contributed by atoms with E-state index in [1.807, 2.05) is 4.90 Å². The Morgan fingerprint density at radius 3 is 2.97 bits per heavy atom. The van der Waals surface area contributed by atoms with E-state index in [1.165, 1.54) is 22.2 Å². The van der Waals surface area contributed by atoms with Gasteiger partial charge in [-0.15, -0.1) is 0 Å². The molecule has 2 aliphatic rings. The first kappa shape index (κ1) is 20.7. The third-order valence-electron chi connectivity index (χ3n) is 5.55. The maximum Gasteiger partial charge on any atom is 0.273 e. The minimum Gasteiger partial charge on any atom is -0.376 e. The number of anilines is 1. The number of ether oxygens (including phenoxy) is 1. The second-order valence-corrected chi connectivity index (χ2v) is 8.64. The SMILES string of the molecule is CNC(=O)[C@H]1CCCN(c2nc3ncn(CC(=O)NC[C@H]4CCCO4)c(=O)c3s2)C1. The minimum absolute atomic E-state index is 0.0234. The van der Waals surface area contributed by atoms with Crippen molar-refractivity contribution in [2.45, 2.75) is 38.3 Å². The number of carbonyl (C=O) groups excluding carboxylic acids is 2. The molecule has 0 unspecified atom stereocenters. The average Bonchev–Trinajstić information content (AvgIpc) is 3.44. The Morgan fingerprint density at radius 2 is 2.20 bits per heavy atom. The van der Waals surface area contributed by atoms with Crippen LogP contribution in [-0.4, -0.2) is 65.7 Å². The lowest BCUT2D eigenvalue weighted by atomic mass is 9.98. The fraction of sp³-hybridized carbons (Fsp3) is 0.632. The third kappa shape index (κ3) is 4.46. The monoisotopic (exact) mass is 434 g/mol. The maximum absolute atomic E-state index is 12.8. The first-order chi connectivity index (χ1) is 14.5. The van der Waals surface area contributed by atoms with E-state index < -0.39 is 0 Å². The molecule has 2 atom stereocenters. The summed E-state index contributed by atoms with van der Waals surface area (Å²) in [6, 6.07) is 0. The molecule has 0 radical (unpaired) electrons. The maximum atomic E-state index is 12.8. The van der Waals surface area contributed by atoms with Gasteiger partial charge in [-0.25, -0.2) is 4.98 Å². The van der Waals surface area contributed by atoms with E-state index in [1.54, 1.807) is 7.05 Å². The molecule has 2 aliphatic heterocycles. The Bertz CT molecular complexity index is 983. The van der Waals surface area contributed by atoms with Gasteiger partial charge in [0.15, 0.2) is 10.8 Å². The number of amides is 2. The van der Waals surface area contributed by atoms with E-state index >= 15 is 0 Å². The van der Waals surface area contributed by atoms with E-state index in [4.69, 9.17) is 4.74 Å². The highest BCUT2D eigenvalue weighted by atomic mass is 32.1. The molecule has 2 amide bonds. The normalized spacial score (nSPS) is 21.7. The van der Waals surface area contributed by atoms with Gasteiger partial charge in [-0.1, -0.05) is 11.3 Å². The average molecular weight is 435 g/mol. The molecule has 2 aromatic heterocycles. The Kier molecular flexibility index (Phi) is 6.28. The highest BCUT2D eigenvalue weighted by Gasteiger charge is 2.27. The van der Waals surface area contributed by atoms with Crippen LogP contribution in [0.15, 0.2) is 11.1 Å². The van der Waals surface area contributed by atoms with E-state index in [9.17, 15) is 14.4 Å². The van der Waals surface area contributed by atoms with Crippen LogP contribution in [0, 0.1) is 5.92 Å². The molecule has 4 rings (SSSR count). The zero-order valence-corrected chi connectivity index (χ0v) is 17.7. The van der Waals surface area contributed by atoms with E-state index in [0.29, 0.717) is 28.6 Å². The van der Waals surface area contributed by atoms with Gasteiger partial charge >= 0.3 is 0 Å². The van der Waals surface area contributed by atoms with Crippen LogP contribution < -0.4 is 21.1 Å². The highest BCUT2D eigenvalue weighted by Crippen LogP contribution is 2.29. The number of hydrogen-bond acceptors (Lipinski definition) is 8. The largest absolute Gasteiger partial charge is 0.376 e. The van der Waals surface area contributed by atoms with Gasteiger partial charge in [0, 0.05) is 33.3 Å². The molecule has 0 spiro atoms. The van der Waals surface area contributed by atoms with Crippen LogP contribution in [0.3, 0.4) is 0 Å². The molecule has 0 aliphatic carbocycles. The van der Waals surface area contributed by atoms with Crippen LogP contribution in [0.4, 0.5) is 5.13 Å². The molecule has 162 valence electrons. The molecule has 11 heteroatoms. The summed E-state index contributed by atoms with van der Waals surface area (Å²) in [7, 11) is 1.64. The van der Waals surface area contributed by atoms with Crippen molar-refractivity contribution >= 4 is 38.6 Å². The Morgan fingerprint density at radius 1 is 1.33 bits per heavy atom. The van der Waals surface area contributed by atoms with Crippen molar-refractivity contribution in [3.05, 3.63) is 16.7 Å². The quantitative estimate of drug-likeness (QED) is 0.662. The molecule has 10 nitrogen and oxygen atoms in total. The van der Waals surface area contributed by atoms with Crippen LogP contribution in [0.2, 0.25) is 0 Å². The lowest BCUT2D eigenvalue weighted by Crippen LogP contribution is -2.42. The van der Waals surface area contributed by atoms with Gasteiger partial charge in [-0.3, -0.25) is 19.0 Å². The number of nitrogens with one attached hydrogen (secondary N) is 2. The van der Waals surface area contributed by atoms with Gasteiger partial charge in [0.25, 0.3) is 5.56 Å². The highest BCUT2D eigenvalue weighted by molar-refractivity contribution is 7.22. The summed E-state index contributed by atoms with van der Waals surface area (Å²) in [6.07, 6.45) is 5.09. The topological polar surface area (TPSA) is 118 Å². The van der Waals surface area contributed by atoms with Crippen LogP contribution in [0.1, 0.15) is 25.7 Å². The number of thiazole rings is 1. The molecule has 2 fully saturated rings. The molecule has 30 heavy (non-hydrogen) atoms. The lowest BCUT2D eigenvalue weighted by molar-refractivity contribution is -0.124. The Labute approximate surface area is 177 Å². The smallest absolute Gasteiger partial charge is 0.273 e. The number of fused-ring (bicyclic) bond motifs is 1. The molecular formula is C19H26N6O4S. The summed E-state index contributed by atoms with van der Waals surface area (Å²) in [6.45, 7) is 2.45. The predicted octanol–water partition coefficient (Wildman–Crippen LogP) is 0.111. The summed E-state index contributed by atoms with van der Waals surface area (Å²) in [5.41, 5.74) is 0.0916. The Hall–Kier alpha value is -2.53. The van der Waals surface area contributed by atoms with Crippen molar-refractivity contribution in [1.29, 1.82) is 0 Å². The molecule has 0 bridgehead atoms. The standard InChI is InChI=1S/C19H26N6O4S/c1-20-17(27)12-4-2-6-24(9-12)19-23-16-15(30-19)18(28)25(11-22-16)10-14(26)21-8-13-5-3-7-29-13/h11-13H,2-10H2,1H3,(H,20,27)(H,21,26)/t12-,13+/m0/s1. The van der Waals surface area contributed by atoms with Crippen LogP contribution in [0.25, 0.3) is 10.3 Å². The fourth-order valence-electron chi connectivity index (χ4n) is 3.90. The predicted molar refractivity (Wildman–Crippen MR) is 113 cm³/mol. The second kappa shape index (κ2) is 9.09. The number of rotatable bonds is 6. The zero-order chi connectivity index (χ0) is 21.1. The molecule has 0 saturated carbocycles. The summed E-state index contributed by atoms with van der Waals surface area (Å²) in [4.78, 5) is 47.9. The van der Waals surface area contributed by atoms with Crippen molar-refractivity contribution in [3.8, 4) is 0 Å². The molecule has 4 heterocycles. The van der Waals surface area contributed by atoms with Crippen molar-refractivity contribution in [1.82, 2.24) is 25.2 Å². The van der Waals surface area contributed by atoms with Crippen molar-refractivity contribution in [2.75, 3.05) is 38.2 Å². The number of nitrogens with zero attached hydrogens (tertiary/aromatic N) is 4. The minimum atomic E-state index is -0.282. The van der Waals surface area contributed by atoms with E-state index in [2.05, 4.69) is 20.6 Å². The molecular weight excluding hydrogens is 408 g/mol. The van der Waals surface area contributed by atoms with Gasteiger partial charge < -0.3 is 20.3 Å². The van der Waals surface area contributed by atoms with Crippen LogP contribution in [0.5, 0.6) is 0 Å². The Balaban J connectivity index is 1.45. The van der Waals surface area contributed by atoms with Gasteiger partial charge in [-0.2, -0.15) is 4.98 Å². The van der Waals surface area contributed by atoms with Gasteiger partial charge in [0.2, 0.25) is 11.8 Å². The van der Waals surface area contributed by atoms with Gasteiger partial charge in [-0.05, 0) is 25.7 Å². The molecule has 2 aromatic rings. The molecule has 0 aromatic carbocycles. The summed E-state index contributed by atoms with van der Waals surface area (Å²) < 4.78 is 7.22. The number of hydrogen-bond donors (Lipinski definition) is 2.